The van der Waals surface area contributed by atoms with Gasteiger partial charge in [-0.3, -0.25) is 9.78 Å². The topological polar surface area (TPSA) is 75.9 Å². The highest BCUT2D eigenvalue weighted by Gasteiger charge is 2.29. The van der Waals surface area contributed by atoms with Crippen LogP contribution in [0, 0.1) is 5.92 Å². The van der Waals surface area contributed by atoms with Crippen molar-refractivity contribution in [1.29, 1.82) is 0 Å². The number of amides is 1. The van der Waals surface area contributed by atoms with Crippen LogP contribution < -0.4 is 5.32 Å². The van der Waals surface area contributed by atoms with E-state index in [9.17, 15) is 4.79 Å². The van der Waals surface area contributed by atoms with Gasteiger partial charge < -0.3 is 10.2 Å². The maximum Gasteiger partial charge on any atom is 0.256 e. The molecule has 1 aliphatic rings. The number of piperazine rings is 1. The number of fused-ring (bicyclic) bond motifs is 1. The molecule has 0 aromatic carbocycles. The molecular weight excluding hydrogens is 340 g/mol. The summed E-state index contributed by atoms with van der Waals surface area (Å²) in [7, 11) is 0. The van der Waals surface area contributed by atoms with Gasteiger partial charge in [0.25, 0.3) is 5.91 Å². The normalized spacial score (nSPS) is 17.6. The van der Waals surface area contributed by atoms with Crippen molar-refractivity contribution in [2.75, 3.05) is 19.6 Å². The highest BCUT2D eigenvalue weighted by Crippen LogP contribution is 2.24. The van der Waals surface area contributed by atoms with E-state index in [-0.39, 0.29) is 11.9 Å². The maximum absolute atomic E-state index is 13.2. The van der Waals surface area contributed by atoms with Gasteiger partial charge >= 0.3 is 0 Å². The van der Waals surface area contributed by atoms with E-state index in [1.54, 1.807) is 18.6 Å². The number of hydrogen-bond donors (Lipinski definition) is 1. The number of nitrogens with one attached hydrogen (secondary N) is 1. The first-order chi connectivity index (χ1) is 13.1. The van der Waals surface area contributed by atoms with Gasteiger partial charge in [-0.1, -0.05) is 19.9 Å². The van der Waals surface area contributed by atoms with Gasteiger partial charge in [0, 0.05) is 50.2 Å². The van der Waals surface area contributed by atoms with E-state index in [0.29, 0.717) is 18.0 Å². The third-order valence-corrected chi connectivity index (χ3v) is 4.83. The van der Waals surface area contributed by atoms with Crippen molar-refractivity contribution in [3.8, 4) is 0 Å². The molecule has 0 radical (unpaired) electrons. The van der Waals surface area contributed by atoms with Crippen molar-refractivity contribution in [3.63, 3.8) is 0 Å². The fourth-order valence-corrected chi connectivity index (χ4v) is 3.55. The smallest absolute Gasteiger partial charge is 0.256 e. The summed E-state index contributed by atoms with van der Waals surface area (Å²) in [6.45, 7) is 7.26. The molecule has 0 bridgehead atoms. The van der Waals surface area contributed by atoms with Crippen LogP contribution in [0.2, 0.25) is 0 Å². The molecule has 1 saturated heterocycles. The second-order valence-electron chi connectivity index (χ2n) is 7.36. The number of carbonyl (C=O) groups excluding carboxylic acids is 1. The molecule has 4 rings (SSSR count). The van der Waals surface area contributed by atoms with Crippen LogP contribution in [0.4, 0.5) is 0 Å². The third kappa shape index (κ3) is 3.55. The number of nitrogens with zero attached hydrogens (tertiary/aromatic N) is 5. The fraction of sp³-hybridized carbons (Fsp3) is 0.400. The molecule has 1 aliphatic heterocycles. The monoisotopic (exact) mass is 364 g/mol. The van der Waals surface area contributed by atoms with Crippen LogP contribution in [0.25, 0.3) is 11.0 Å². The molecule has 1 N–H and O–H groups in total. The molecule has 1 fully saturated rings. The number of carbonyl (C=O) groups is 1. The first-order valence-corrected chi connectivity index (χ1v) is 9.36. The molecule has 4 heterocycles. The lowest BCUT2D eigenvalue weighted by atomic mass is 10.0. The Balaban J connectivity index is 1.63. The molecule has 0 saturated carbocycles. The maximum atomic E-state index is 13.2. The van der Waals surface area contributed by atoms with E-state index in [4.69, 9.17) is 0 Å². The molecule has 0 spiro atoms. The molecule has 3 aromatic rings. The minimum absolute atomic E-state index is 0.00337. The van der Waals surface area contributed by atoms with Crippen LogP contribution in [-0.4, -0.2) is 50.2 Å². The Hall–Kier alpha value is -2.80. The van der Waals surface area contributed by atoms with E-state index < -0.39 is 0 Å². The Morgan fingerprint density at radius 1 is 1.33 bits per heavy atom. The molecule has 1 unspecified atom stereocenters. The minimum Gasteiger partial charge on any atom is -0.329 e. The van der Waals surface area contributed by atoms with Gasteiger partial charge in [0.1, 0.15) is 0 Å². The lowest BCUT2D eigenvalue weighted by Crippen LogP contribution is -2.48. The first kappa shape index (κ1) is 17.6. The summed E-state index contributed by atoms with van der Waals surface area (Å²) < 4.78 is 1.90. The van der Waals surface area contributed by atoms with Gasteiger partial charge in [-0.25, -0.2) is 9.67 Å². The summed E-state index contributed by atoms with van der Waals surface area (Å²) in [6.07, 6.45) is 7.04. The van der Waals surface area contributed by atoms with E-state index in [1.165, 1.54) is 0 Å². The van der Waals surface area contributed by atoms with E-state index in [1.807, 2.05) is 34.0 Å². The van der Waals surface area contributed by atoms with Gasteiger partial charge in [0.05, 0.1) is 17.8 Å². The SMILES string of the molecule is CC(C)Cn1ncc2cc(C(=O)N3CCNCC3c3cccnc3)cnc21. The number of rotatable bonds is 4. The largest absolute Gasteiger partial charge is 0.329 e. The zero-order chi connectivity index (χ0) is 18.8. The highest BCUT2D eigenvalue weighted by atomic mass is 16.2. The van der Waals surface area contributed by atoms with Crippen molar-refractivity contribution >= 4 is 16.9 Å². The second kappa shape index (κ2) is 7.44. The van der Waals surface area contributed by atoms with Crippen molar-refractivity contribution in [2.45, 2.75) is 26.4 Å². The van der Waals surface area contributed by atoms with Crippen molar-refractivity contribution in [3.05, 3.63) is 54.1 Å². The predicted octanol–water partition coefficient (Wildman–Crippen LogP) is 2.27. The molecule has 7 heteroatoms. The van der Waals surface area contributed by atoms with Gasteiger partial charge in [0.2, 0.25) is 0 Å². The Morgan fingerprint density at radius 3 is 3.00 bits per heavy atom. The number of aromatic nitrogens is 4. The second-order valence-corrected chi connectivity index (χ2v) is 7.36. The molecule has 3 aromatic heterocycles. The van der Waals surface area contributed by atoms with Crippen LogP contribution in [0.3, 0.4) is 0 Å². The number of pyridine rings is 2. The van der Waals surface area contributed by atoms with Gasteiger partial charge in [-0.05, 0) is 23.6 Å². The molecule has 140 valence electrons. The summed E-state index contributed by atoms with van der Waals surface area (Å²) in [5.74, 6) is 0.480. The van der Waals surface area contributed by atoms with Gasteiger partial charge in [0.15, 0.2) is 5.65 Å². The van der Waals surface area contributed by atoms with E-state index in [2.05, 4.69) is 34.2 Å². The third-order valence-electron chi connectivity index (χ3n) is 4.83. The zero-order valence-corrected chi connectivity index (χ0v) is 15.7. The standard InChI is InChI=1S/C20H24N6O/c1-14(2)13-26-19-16(11-24-26)8-17(10-23-19)20(27)25-7-6-22-12-18(25)15-4-3-5-21-9-15/h3-5,8-11,14,18,22H,6-7,12-13H2,1-2H3. The average molecular weight is 364 g/mol. The zero-order valence-electron chi connectivity index (χ0n) is 15.7. The van der Waals surface area contributed by atoms with Gasteiger partial charge in [-0.15, -0.1) is 0 Å². The van der Waals surface area contributed by atoms with Crippen LogP contribution in [0.1, 0.15) is 35.8 Å². The summed E-state index contributed by atoms with van der Waals surface area (Å²) >= 11 is 0. The average Bonchev–Trinajstić information content (AvgIpc) is 3.09. The van der Waals surface area contributed by atoms with E-state index in [0.717, 1.165) is 36.2 Å². The van der Waals surface area contributed by atoms with Crippen molar-refractivity contribution in [2.24, 2.45) is 5.92 Å². The molecule has 7 nitrogen and oxygen atoms in total. The lowest BCUT2D eigenvalue weighted by Gasteiger charge is -2.36. The summed E-state index contributed by atoms with van der Waals surface area (Å²) in [5.41, 5.74) is 2.46. The Kier molecular flexibility index (Phi) is 4.85. The lowest BCUT2D eigenvalue weighted by molar-refractivity contribution is 0.0633. The Labute approximate surface area is 158 Å². The minimum atomic E-state index is -0.0284. The van der Waals surface area contributed by atoms with Gasteiger partial charge in [-0.2, -0.15) is 5.10 Å². The van der Waals surface area contributed by atoms with Crippen LogP contribution in [0.15, 0.2) is 43.0 Å². The highest BCUT2D eigenvalue weighted by molar-refractivity contribution is 5.97. The fourth-order valence-electron chi connectivity index (χ4n) is 3.55. The van der Waals surface area contributed by atoms with Crippen LogP contribution in [0.5, 0.6) is 0 Å². The quantitative estimate of drug-likeness (QED) is 0.769. The predicted molar refractivity (Wildman–Crippen MR) is 103 cm³/mol. The molecule has 27 heavy (non-hydrogen) atoms. The van der Waals surface area contributed by atoms with Crippen molar-refractivity contribution < 1.29 is 4.79 Å². The van der Waals surface area contributed by atoms with E-state index >= 15 is 0 Å². The first-order valence-electron chi connectivity index (χ1n) is 9.36. The summed E-state index contributed by atoms with van der Waals surface area (Å²) in [5, 5.41) is 8.69. The van der Waals surface area contributed by atoms with Crippen LogP contribution in [-0.2, 0) is 6.54 Å². The molecule has 0 aliphatic carbocycles. The number of hydrogen-bond acceptors (Lipinski definition) is 5. The van der Waals surface area contributed by atoms with Crippen LogP contribution >= 0.6 is 0 Å². The Bertz CT molecular complexity index is 936. The molecule has 1 amide bonds. The summed E-state index contributed by atoms with van der Waals surface area (Å²) in [4.78, 5) is 23.9. The van der Waals surface area contributed by atoms with Crippen molar-refractivity contribution in [1.82, 2.24) is 30.0 Å². The molecule has 1 atom stereocenters. The Morgan fingerprint density at radius 2 is 2.22 bits per heavy atom. The summed E-state index contributed by atoms with van der Waals surface area (Å²) in [6, 6.07) is 5.79. The molecular formula is C20H24N6O.